The van der Waals surface area contributed by atoms with Gasteiger partial charge in [0.25, 0.3) is 0 Å². The van der Waals surface area contributed by atoms with Crippen LogP contribution in [0.4, 0.5) is 0 Å². The van der Waals surface area contributed by atoms with Crippen LogP contribution >= 0.6 is 0 Å². The van der Waals surface area contributed by atoms with Gasteiger partial charge < -0.3 is 4.57 Å². The predicted octanol–water partition coefficient (Wildman–Crippen LogP) is 3.75. The predicted molar refractivity (Wildman–Crippen MR) is 89.1 cm³/mol. The van der Waals surface area contributed by atoms with Crippen molar-refractivity contribution in [2.75, 3.05) is 0 Å². The van der Waals surface area contributed by atoms with Gasteiger partial charge in [-0.2, -0.15) is 0 Å². The molecule has 3 aromatic rings. The van der Waals surface area contributed by atoms with Crippen LogP contribution in [0.1, 0.15) is 5.56 Å². The number of hydrogen-bond donors (Lipinski definition) is 0. The number of benzene rings is 2. The molecule has 0 aliphatic rings. The Labute approximate surface area is 122 Å². The zero-order chi connectivity index (χ0) is 13.9. The monoisotopic (exact) mass is 278 g/mol. The number of aryl methyl sites for hydroxylation is 2. The molecule has 1 heterocycles. The maximum absolute atomic E-state index is 2.42. The summed E-state index contributed by atoms with van der Waals surface area (Å²) in [4.78, 5) is 0. The van der Waals surface area contributed by atoms with Crippen molar-refractivity contribution in [3.05, 3.63) is 66.4 Å². The normalized spacial score (nSPS) is 11.3. The third-order valence-corrected chi connectivity index (χ3v) is 6.33. The van der Waals surface area contributed by atoms with Crippen LogP contribution in [0.5, 0.6) is 0 Å². The zero-order valence-corrected chi connectivity index (χ0v) is 13.1. The lowest BCUT2D eigenvalue weighted by Crippen LogP contribution is -2.26. The third kappa shape index (κ3) is 2.56. The first kappa shape index (κ1) is 13.2. The number of hydrogen-bond acceptors (Lipinski definition) is 0. The minimum atomic E-state index is -0.433. The number of rotatable bonds is 4. The SMILES string of the molecule is Cn1cc(CC[Si](C)c2ccccc2)c2ccccc21. The lowest BCUT2D eigenvalue weighted by Gasteiger charge is -2.09. The Kier molecular flexibility index (Phi) is 3.74. The van der Waals surface area contributed by atoms with Crippen LogP contribution in [0, 0.1) is 0 Å². The van der Waals surface area contributed by atoms with Crippen molar-refractivity contribution in [1.82, 2.24) is 4.57 Å². The highest BCUT2D eigenvalue weighted by molar-refractivity contribution is 6.72. The van der Waals surface area contributed by atoms with Crippen LogP contribution in [0.3, 0.4) is 0 Å². The smallest absolute Gasteiger partial charge is 0.0827 e. The van der Waals surface area contributed by atoms with Gasteiger partial charge in [0.15, 0.2) is 0 Å². The number of para-hydroxylation sites is 1. The third-order valence-electron chi connectivity index (χ3n) is 4.02. The van der Waals surface area contributed by atoms with E-state index in [1.165, 1.54) is 34.1 Å². The van der Waals surface area contributed by atoms with E-state index in [9.17, 15) is 0 Å². The molecule has 3 rings (SSSR count). The van der Waals surface area contributed by atoms with E-state index in [4.69, 9.17) is 0 Å². The fourth-order valence-corrected chi connectivity index (χ4v) is 4.51. The molecule has 0 spiro atoms. The van der Waals surface area contributed by atoms with Crippen molar-refractivity contribution in [2.24, 2.45) is 7.05 Å². The van der Waals surface area contributed by atoms with Crippen LogP contribution in [-0.2, 0) is 13.5 Å². The second-order valence-electron chi connectivity index (χ2n) is 5.43. The molecular weight excluding hydrogens is 258 g/mol. The van der Waals surface area contributed by atoms with Crippen molar-refractivity contribution in [1.29, 1.82) is 0 Å². The Bertz CT molecular complexity index is 700. The first-order valence-corrected chi connectivity index (χ1v) is 9.37. The summed E-state index contributed by atoms with van der Waals surface area (Å²) in [5.41, 5.74) is 2.83. The molecule has 0 saturated heterocycles. The molecule has 0 saturated carbocycles. The van der Waals surface area contributed by atoms with Crippen molar-refractivity contribution in [2.45, 2.75) is 19.0 Å². The number of fused-ring (bicyclic) bond motifs is 1. The highest BCUT2D eigenvalue weighted by Crippen LogP contribution is 2.22. The molecule has 1 nitrogen and oxygen atoms in total. The molecule has 0 aliphatic carbocycles. The topological polar surface area (TPSA) is 4.93 Å². The minimum Gasteiger partial charge on any atom is -0.350 e. The summed E-state index contributed by atoms with van der Waals surface area (Å²) < 4.78 is 2.25. The molecule has 1 aromatic heterocycles. The molecule has 0 aliphatic heterocycles. The molecule has 1 radical (unpaired) electrons. The lowest BCUT2D eigenvalue weighted by atomic mass is 10.1. The van der Waals surface area contributed by atoms with Gasteiger partial charge in [-0.15, -0.1) is 0 Å². The average Bonchev–Trinajstić information content (AvgIpc) is 2.83. The average molecular weight is 278 g/mol. The first-order valence-electron chi connectivity index (χ1n) is 7.16. The van der Waals surface area contributed by atoms with Gasteiger partial charge in [0.1, 0.15) is 0 Å². The van der Waals surface area contributed by atoms with E-state index in [0.29, 0.717) is 0 Å². The van der Waals surface area contributed by atoms with Gasteiger partial charge in [-0.05, 0) is 18.1 Å². The summed E-state index contributed by atoms with van der Waals surface area (Å²) in [6, 6.07) is 21.0. The van der Waals surface area contributed by atoms with E-state index in [1.54, 1.807) is 0 Å². The van der Waals surface area contributed by atoms with Gasteiger partial charge in [-0.3, -0.25) is 0 Å². The van der Waals surface area contributed by atoms with Crippen molar-refractivity contribution >= 4 is 24.9 Å². The van der Waals surface area contributed by atoms with E-state index in [0.717, 1.165) is 0 Å². The summed E-state index contributed by atoms with van der Waals surface area (Å²) in [5.74, 6) is 0. The molecular formula is C18H20NSi. The Hall–Kier alpha value is -1.80. The maximum atomic E-state index is 2.42. The quantitative estimate of drug-likeness (QED) is 0.641. The first-order chi connectivity index (χ1) is 9.75. The largest absolute Gasteiger partial charge is 0.350 e. The second-order valence-corrected chi connectivity index (χ2v) is 8.07. The standard InChI is InChI=1S/C18H20NSi/c1-19-14-15(17-10-6-7-11-18(17)19)12-13-20(2)16-8-4-3-5-9-16/h3-11,14H,12-13H2,1-2H3. The molecule has 0 unspecified atom stereocenters. The van der Waals surface area contributed by atoms with E-state index in [1.807, 2.05) is 0 Å². The van der Waals surface area contributed by atoms with Crippen LogP contribution < -0.4 is 5.19 Å². The lowest BCUT2D eigenvalue weighted by molar-refractivity contribution is 0.953. The highest BCUT2D eigenvalue weighted by atomic mass is 28.3. The summed E-state index contributed by atoms with van der Waals surface area (Å²) in [5, 5.41) is 2.95. The van der Waals surface area contributed by atoms with E-state index >= 15 is 0 Å². The fourth-order valence-electron chi connectivity index (χ4n) is 2.81. The second kappa shape index (κ2) is 5.67. The number of nitrogens with zero attached hydrogens (tertiary/aromatic N) is 1. The Morgan fingerprint density at radius 1 is 0.950 bits per heavy atom. The fraction of sp³-hybridized carbons (Fsp3) is 0.222. The van der Waals surface area contributed by atoms with Gasteiger partial charge in [-0.25, -0.2) is 0 Å². The molecule has 0 fully saturated rings. The summed E-state index contributed by atoms with van der Waals surface area (Å²) in [7, 11) is 1.71. The van der Waals surface area contributed by atoms with Crippen LogP contribution in [0.25, 0.3) is 10.9 Å². The van der Waals surface area contributed by atoms with Gasteiger partial charge >= 0.3 is 0 Å². The van der Waals surface area contributed by atoms with Crippen molar-refractivity contribution in [3.63, 3.8) is 0 Å². The number of aromatic nitrogens is 1. The van der Waals surface area contributed by atoms with E-state index in [-0.39, 0.29) is 0 Å². The van der Waals surface area contributed by atoms with Crippen molar-refractivity contribution < 1.29 is 0 Å². The van der Waals surface area contributed by atoms with Crippen LogP contribution in [-0.4, -0.2) is 13.4 Å². The van der Waals surface area contributed by atoms with Gasteiger partial charge in [0.05, 0.1) is 8.80 Å². The Morgan fingerprint density at radius 3 is 2.45 bits per heavy atom. The summed E-state index contributed by atoms with van der Waals surface area (Å²) >= 11 is 0. The van der Waals surface area contributed by atoms with E-state index in [2.05, 4.69) is 79.0 Å². The molecule has 2 aromatic carbocycles. The summed E-state index contributed by atoms with van der Waals surface area (Å²) in [6.45, 7) is 2.42. The molecule has 0 N–H and O–H groups in total. The van der Waals surface area contributed by atoms with Gasteiger partial charge in [-0.1, -0.05) is 66.3 Å². The molecule has 0 atom stereocenters. The van der Waals surface area contributed by atoms with Crippen molar-refractivity contribution in [3.8, 4) is 0 Å². The molecule has 0 amide bonds. The van der Waals surface area contributed by atoms with Gasteiger partial charge in [0.2, 0.25) is 0 Å². The molecule has 101 valence electrons. The Morgan fingerprint density at radius 2 is 1.65 bits per heavy atom. The minimum absolute atomic E-state index is 0.433. The van der Waals surface area contributed by atoms with E-state index < -0.39 is 8.80 Å². The Balaban J connectivity index is 1.77. The van der Waals surface area contributed by atoms with Crippen LogP contribution in [0.15, 0.2) is 60.8 Å². The van der Waals surface area contributed by atoms with Gasteiger partial charge in [0, 0.05) is 24.1 Å². The highest BCUT2D eigenvalue weighted by Gasteiger charge is 2.10. The molecule has 0 bridgehead atoms. The molecule has 20 heavy (non-hydrogen) atoms. The van der Waals surface area contributed by atoms with Crippen LogP contribution in [0.2, 0.25) is 12.6 Å². The zero-order valence-electron chi connectivity index (χ0n) is 12.1. The molecule has 2 heteroatoms. The maximum Gasteiger partial charge on any atom is 0.0827 e. The summed E-state index contributed by atoms with van der Waals surface area (Å²) in [6.07, 6.45) is 3.48.